The fraction of sp³-hybridized carbons (Fsp3) is 0.333. The molecular formula is C18H23N2O+. The summed E-state index contributed by atoms with van der Waals surface area (Å²) in [5, 5.41) is 2.94. The van der Waals surface area contributed by atoms with Crippen molar-refractivity contribution in [3.8, 4) is 0 Å². The van der Waals surface area contributed by atoms with E-state index in [1.807, 2.05) is 48.0 Å². The van der Waals surface area contributed by atoms with Gasteiger partial charge in [-0.05, 0) is 30.5 Å². The van der Waals surface area contributed by atoms with Crippen molar-refractivity contribution >= 4 is 11.6 Å². The zero-order chi connectivity index (χ0) is 15.1. The van der Waals surface area contributed by atoms with Gasteiger partial charge in [-0.3, -0.25) is 4.79 Å². The Morgan fingerprint density at radius 3 is 2.57 bits per heavy atom. The number of anilines is 1. The molecule has 1 amide bonds. The highest BCUT2D eigenvalue weighted by Gasteiger charge is 2.11. The summed E-state index contributed by atoms with van der Waals surface area (Å²) >= 11 is 0. The summed E-state index contributed by atoms with van der Waals surface area (Å²) in [6, 6.07) is 14.0. The molecule has 0 aliphatic rings. The molecule has 0 fully saturated rings. The van der Waals surface area contributed by atoms with Crippen LogP contribution in [0, 0.1) is 6.92 Å². The zero-order valence-corrected chi connectivity index (χ0v) is 12.8. The molecule has 110 valence electrons. The molecule has 1 aromatic carbocycles. The fourth-order valence-electron chi connectivity index (χ4n) is 2.23. The van der Waals surface area contributed by atoms with Crippen LogP contribution in [-0.2, 0) is 17.8 Å². The first-order valence-electron chi connectivity index (χ1n) is 7.53. The quantitative estimate of drug-likeness (QED) is 0.811. The second-order valence-electron chi connectivity index (χ2n) is 5.32. The SMILES string of the molecule is CCCCc1ccc(NC(=O)C[n+]2ccccc2C)cc1. The third-order valence-corrected chi connectivity index (χ3v) is 3.54. The number of carbonyl (C=O) groups excluding carboxylic acids is 1. The van der Waals surface area contributed by atoms with Crippen LogP contribution in [0.3, 0.4) is 0 Å². The Hall–Kier alpha value is -2.16. The summed E-state index contributed by atoms with van der Waals surface area (Å²) in [4.78, 5) is 12.1. The summed E-state index contributed by atoms with van der Waals surface area (Å²) in [6.45, 7) is 4.53. The second-order valence-corrected chi connectivity index (χ2v) is 5.32. The summed E-state index contributed by atoms with van der Waals surface area (Å²) in [7, 11) is 0. The van der Waals surface area contributed by atoms with E-state index in [0.717, 1.165) is 17.8 Å². The van der Waals surface area contributed by atoms with Crippen molar-refractivity contribution in [3.63, 3.8) is 0 Å². The maximum Gasteiger partial charge on any atom is 0.290 e. The number of carbonyl (C=O) groups is 1. The minimum absolute atomic E-state index is 0.00407. The molecule has 3 nitrogen and oxygen atoms in total. The van der Waals surface area contributed by atoms with Gasteiger partial charge in [0.15, 0.2) is 11.9 Å². The number of rotatable bonds is 6. The molecule has 0 radical (unpaired) electrons. The molecule has 0 atom stereocenters. The van der Waals surface area contributed by atoms with E-state index in [1.54, 1.807) is 0 Å². The van der Waals surface area contributed by atoms with Crippen LogP contribution in [0.2, 0.25) is 0 Å². The van der Waals surface area contributed by atoms with Gasteiger partial charge in [0.2, 0.25) is 6.54 Å². The van der Waals surface area contributed by atoms with Crippen molar-refractivity contribution in [1.82, 2.24) is 0 Å². The van der Waals surface area contributed by atoms with Crippen LogP contribution in [-0.4, -0.2) is 5.91 Å². The highest BCUT2D eigenvalue weighted by Crippen LogP contribution is 2.11. The smallest absolute Gasteiger partial charge is 0.290 e. The van der Waals surface area contributed by atoms with Crippen molar-refractivity contribution in [3.05, 3.63) is 59.9 Å². The summed E-state index contributed by atoms with van der Waals surface area (Å²) in [5.41, 5.74) is 3.25. The van der Waals surface area contributed by atoms with Crippen LogP contribution >= 0.6 is 0 Å². The van der Waals surface area contributed by atoms with Crippen LogP contribution in [0.25, 0.3) is 0 Å². The van der Waals surface area contributed by atoms with Crippen LogP contribution in [0.15, 0.2) is 48.7 Å². The second kappa shape index (κ2) is 7.58. The minimum Gasteiger partial charge on any atom is -0.321 e. The highest BCUT2D eigenvalue weighted by atomic mass is 16.1. The Morgan fingerprint density at radius 2 is 1.90 bits per heavy atom. The van der Waals surface area contributed by atoms with Crippen LogP contribution in [0.1, 0.15) is 31.0 Å². The molecule has 0 spiro atoms. The summed E-state index contributed by atoms with van der Waals surface area (Å²) in [6.07, 6.45) is 5.42. The lowest BCUT2D eigenvalue weighted by Gasteiger charge is -2.05. The molecule has 0 saturated carbocycles. The molecule has 1 heterocycles. The normalized spacial score (nSPS) is 10.4. The van der Waals surface area contributed by atoms with Crippen LogP contribution < -0.4 is 9.88 Å². The zero-order valence-electron chi connectivity index (χ0n) is 12.8. The number of amides is 1. The largest absolute Gasteiger partial charge is 0.321 e. The predicted molar refractivity (Wildman–Crippen MR) is 85.1 cm³/mol. The van der Waals surface area contributed by atoms with Crippen molar-refractivity contribution in [2.75, 3.05) is 5.32 Å². The highest BCUT2D eigenvalue weighted by molar-refractivity contribution is 5.89. The van der Waals surface area contributed by atoms with Gasteiger partial charge in [-0.15, -0.1) is 0 Å². The number of nitrogens with one attached hydrogen (secondary N) is 1. The maximum absolute atomic E-state index is 12.1. The molecule has 0 aliphatic carbocycles. The van der Waals surface area contributed by atoms with Gasteiger partial charge in [-0.2, -0.15) is 4.57 Å². The molecule has 1 N–H and O–H groups in total. The van der Waals surface area contributed by atoms with Gasteiger partial charge >= 0.3 is 0 Å². The molecular weight excluding hydrogens is 260 g/mol. The molecule has 0 bridgehead atoms. The van der Waals surface area contributed by atoms with E-state index in [0.29, 0.717) is 6.54 Å². The molecule has 0 unspecified atom stereocenters. The number of benzene rings is 1. The lowest BCUT2D eigenvalue weighted by Crippen LogP contribution is -2.42. The Labute approximate surface area is 126 Å². The lowest BCUT2D eigenvalue weighted by atomic mass is 10.1. The van der Waals surface area contributed by atoms with Gasteiger partial charge in [-0.25, -0.2) is 0 Å². The number of pyridine rings is 1. The summed E-state index contributed by atoms with van der Waals surface area (Å²) < 4.78 is 1.94. The van der Waals surface area contributed by atoms with E-state index in [-0.39, 0.29) is 5.91 Å². The van der Waals surface area contributed by atoms with Crippen LogP contribution in [0.4, 0.5) is 5.69 Å². The first kappa shape index (κ1) is 15.2. The van der Waals surface area contributed by atoms with Gasteiger partial charge in [0.1, 0.15) is 0 Å². The molecule has 21 heavy (non-hydrogen) atoms. The monoisotopic (exact) mass is 283 g/mol. The molecule has 3 heteroatoms. The van der Waals surface area contributed by atoms with Gasteiger partial charge in [0.05, 0.1) is 0 Å². The predicted octanol–water partition coefficient (Wildman–Crippen LogP) is 3.26. The van der Waals surface area contributed by atoms with Crippen LogP contribution in [0.5, 0.6) is 0 Å². The molecule has 2 aromatic rings. The molecule has 1 aromatic heterocycles. The van der Waals surface area contributed by atoms with Crippen molar-refractivity contribution in [2.45, 2.75) is 39.7 Å². The number of aryl methyl sites for hydroxylation is 2. The number of unbranched alkanes of at least 4 members (excludes halogenated alkanes) is 1. The molecule has 2 rings (SSSR count). The third kappa shape index (κ3) is 4.71. The van der Waals surface area contributed by atoms with Crippen molar-refractivity contribution < 1.29 is 9.36 Å². The molecule has 0 aliphatic heterocycles. The average molecular weight is 283 g/mol. The standard InChI is InChI=1S/C18H22N2O/c1-3-4-8-16-9-11-17(12-10-16)19-18(21)14-20-13-6-5-7-15(20)2/h5-7,9-13H,3-4,8,14H2,1-2H3/p+1. The van der Waals surface area contributed by atoms with Gasteiger partial charge in [0, 0.05) is 24.7 Å². The van der Waals surface area contributed by atoms with Gasteiger partial charge < -0.3 is 5.32 Å². The average Bonchev–Trinajstić information content (AvgIpc) is 2.49. The summed E-state index contributed by atoms with van der Waals surface area (Å²) in [5.74, 6) is -0.00407. The van der Waals surface area contributed by atoms with E-state index in [9.17, 15) is 4.79 Å². The number of hydrogen-bond acceptors (Lipinski definition) is 1. The Bertz CT molecular complexity index is 590. The fourth-order valence-corrected chi connectivity index (χ4v) is 2.23. The number of nitrogens with zero attached hydrogens (tertiary/aromatic N) is 1. The Morgan fingerprint density at radius 1 is 1.14 bits per heavy atom. The molecule has 0 saturated heterocycles. The first-order chi connectivity index (χ1) is 10.2. The van der Waals surface area contributed by atoms with E-state index in [1.165, 1.54) is 18.4 Å². The van der Waals surface area contributed by atoms with E-state index >= 15 is 0 Å². The van der Waals surface area contributed by atoms with E-state index < -0.39 is 0 Å². The van der Waals surface area contributed by atoms with Crippen molar-refractivity contribution in [2.24, 2.45) is 0 Å². The lowest BCUT2D eigenvalue weighted by molar-refractivity contribution is -0.690. The topological polar surface area (TPSA) is 33.0 Å². The maximum atomic E-state index is 12.1. The Balaban J connectivity index is 1.92. The first-order valence-corrected chi connectivity index (χ1v) is 7.53. The number of hydrogen-bond donors (Lipinski definition) is 1. The van der Waals surface area contributed by atoms with Crippen molar-refractivity contribution in [1.29, 1.82) is 0 Å². The van der Waals surface area contributed by atoms with E-state index in [2.05, 4.69) is 24.4 Å². The minimum atomic E-state index is -0.00407. The van der Waals surface area contributed by atoms with E-state index in [4.69, 9.17) is 0 Å². The third-order valence-electron chi connectivity index (χ3n) is 3.54. The van der Waals surface area contributed by atoms with Gasteiger partial charge in [0.25, 0.3) is 5.91 Å². The van der Waals surface area contributed by atoms with Gasteiger partial charge in [-0.1, -0.05) is 31.5 Å². The number of aromatic nitrogens is 1. The Kier molecular flexibility index (Phi) is 5.50.